The molecule has 0 saturated carbocycles. The van der Waals surface area contributed by atoms with Gasteiger partial charge in [0.1, 0.15) is 11.5 Å². The van der Waals surface area contributed by atoms with E-state index in [4.69, 9.17) is 20.8 Å². The van der Waals surface area contributed by atoms with Crippen LogP contribution in [0, 0.1) is 0 Å². The minimum absolute atomic E-state index is 0.0153. The molecular formula is C19H17ClN2O2. The van der Waals surface area contributed by atoms with Gasteiger partial charge >= 0.3 is 6.08 Å². The highest BCUT2D eigenvalue weighted by Gasteiger charge is 2.28. The van der Waals surface area contributed by atoms with Gasteiger partial charge in [0.25, 0.3) is 0 Å². The van der Waals surface area contributed by atoms with Gasteiger partial charge < -0.3 is 14.5 Å². The van der Waals surface area contributed by atoms with Gasteiger partial charge in [0.05, 0.1) is 6.04 Å². The average Bonchev–Trinajstić information content (AvgIpc) is 3.05. The second-order valence-electron chi connectivity index (χ2n) is 5.68. The van der Waals surface area contributed by atoms with E-state index in [9.17, 15) is 0 Å². The smallest absolute Gasteiger partial charge is 0.395 e. The Kier molecular flexibility index (Phi) is 4.24. The number of alkyl halides is 1. The summed E-state index contributed by atoms with van der Waals surface area (Å²) >= 11 is 6.32. The van der Waals surface area contributed by atoms with Crippen LogP contribution in [-0.4, -0.2) is 11.5 Å². The number of nitrogens with one attached hydrogen (secondary N) is 1. The first-order valence-corrected chi connectivity index (χ1v) is 8.38. The molecular weight excluding hydrogens is 324 g/mol. The van der Waals surface area contributed by atoms with Crippen LogP contribution in [0.3, 0.4) is 0 Å². The van der Waals surface area contributed by atoms with E-state index in [1.54, 1.807) is 0 Å². The number of benzene rings is 2. The molecule has 0 radical (unpaired) electrons. The molecule has 1 N–H and O–H groups in total. The number of ether oxygens (including phenoxy) is 1. The van der Waals surface area contributed by atoms with Crippen molar-refractivity contribution >= 4 is 11.6 Å². The maximum atomic E-state index is 6.32. The Morgan fingerprint density at radius 2 is 1.79 bits per heavy atom. The highest BCUT2D eigenvalue weighted by atomic mass is 35.5. The summed E-state index contributed by atoms with van der Waals surface area (Å²) in [6, 6.07) is 19.8. The molecule has 0 spiro atoms. The van der Waals surface area contributed by atoms with Crippen LogP contribution in [0.4, 0.5) is 0 Å². The molecule has 2 atom stereocenters. The van der Waals surface area contributed by atoms with E-state index in [0.29, 0.717) is 0 Å². The molecule has 1 aliphatic heterocycles. The van der Waals surface area contributed by atoms with E-state index < -0.39 is 5.56 Å². The molecule has 0 amide bonds. The van der Waals surface area contributed by atoms with E-state index in [2.05, 4.69) is 22.4 Å². The van der Waals surface area contributed by atoms with Gasteiger partial charge in [-0.25, -0.2) is 0 Å². The Morgan fingerprint density at radius 1 is 1.08 bits per heavy atom. The van der Waals surface area contributed by atoms with Gasteiger partial charge in [0.15, 0.2) is 0 Å². The first-order chi connectivity index (χ1) is 11.8. The predicted molar refractivity (Wildman–Crippen MR) is 92.2 cm³/mol. The van der Waals surface area contributed by atoms with E-state index in [0.717, 1.165) is 35.5 Å². The molecule has 5 heteroatoms. The van der Waals surface area contributed by atoms with E-state index in [1.807, 2.05) is 48.5 Å². The van der Waals surface area contributed by atoms with Crippen molar-refractivity contribution in [2.75, 3.05) is 6.54 Å². The molecule has 122 valence electrons. The maximum absolute atomic E-state index is 6.32. The maximum Gasteiger partial charge on any atom is 0.395 e. The lowest BCUT2D eigenvalue weighted by molar-refractivity contribution is 0.202. The minimum atomic E-state index is -0.630. The Bertz CT molecular complexity index is 805. The third-order valence-electron chi connectivity index (χ3n) is 4.08. The predicted octanol–water partition coefficient (Wildman–Crippen LogP) is 4.23. The first kappa shape index (κ1) is 15.2. The Hall–Kier alpha value is -2.30. The zero-order chi connectivity index (χ0) is 16.4. The van der Waals surface area contributed by atoms with E-state index in [1.165, 1.54) is 0 Å². The van der Waals surface area contributed by atoms with Crippen LogP contribution in [-0.2, 0) is 6.42 Å². The molecule has 2 heterocycles. The quantitative estimate of drug-likeness (QED) is 0.722. The summed E-state index contributed by atoms with van der Waals surface area (Å²) in [7, 11) is 0. The van der Waals surface area contributed by atoms with Gasteiger partial charge in [-0.15, -0.1) is 0 Å². The van der Waals surface area contributed by atoms with Crippen LogP contribution in [0.2, 0.25) is 0 Å². The Labute approximate surface area is 145 Å². The third kappa shape index (κ3) is 3.03. The van der Waals surface area contributed by atoms with E-state index in [-0.39, 0.29) is 12.1 Å². The second kappa shape index (κ2) is 6.67. The molecule has 4 rings (SSSR count). The summed E-state index contributed by atoms with van der Waals surface area (Å²) in [5, 5.41) is 3.48. The number of fused-ring (bicyclic) bond motifs is 1. The van der Waals surface area contributed by atoms with Crippen LogP contribution in [0.1, 0.15) is 34.2 Å². The van der Waals surface area contributed by atoms with Crippen LogP contribution in [0.5, 0.6) is 6.08 Å². The lowest BCUT2D eigenvalue weighted by Crippen LogP contribution is -2.30. The lowest BCUT2D eigenvalue weighted by atomic mass is 9.99. The molecule has 0 aliphatic carbocycles. The summed E-state index contributed by atoms with van der Waals surface area (Å²) in [5.74, 6) is 0.856. The van der Waals surface area contributed by atoms with Crippen molar-refractivity contribution in [2.24, 2.45) is 0 Å². The number of nitrogens with zero attached hydrogens (tertiary/aromatic N) is 1. The summed E-state index contributed by atoms with van der Waals surface area (Å²) < 4.78 is 11.5. The molecule has 24 heavy (non-hydrogen) atoms. The van der Waals surface area contributed by atoms with Crippen molar-refractivity contribution in [1.29, 1.82) is 0 Å². The van der Waals surface area contributed by atoms with Crippen molar-refractivity contribution in [3.63, 3.8) is 0 Å². The van der Waals surface area contributed by atoms with Gasteiger partial charge in [-0.1, -0.05) is 72.3 Å². The van der Waals surface area contributed by atoms with Crippen LogP contribution in [0.25, 0.3) is 0 Å². The lowest BCUT2D eigenvalue weighted by Gasteiger charge is -2.21. The SMILES string of the molecule is ClC(Oc1nc2c(o1)CCNC2c1ccccc1)c1ccccc1. The number of aromatic nitrogens is 1. The number of hydrogen-bond acceptors (Lipinski definition) is 4. The summed E-state index contributed by atoms with van der Waals surface area (Å²) in [6.45, 7) is 0.837. The molecule has 1 aromatic heterocycles. The molecule has 0 bridgehead atoms. The number of hydrogen-bond donors (Lipinski definition) is 1. The van der Waals surface area contributed by atoms with E-state index >= 15 is 0 Å². The fraction of sp³-hybridized carbons (Fsp3) is 0.211. The molecule has 4 nitrogen and oxygen atoms in total. The summed E-state index contributed by atoms with van der Waals surface area (Å²) in [5.41, 5.74) is 2.27. The van der Waals surface area contributed by atoms with Crippen LogP contribution < -0.4 is 10.1 Å². The Morgan fingerprint density at radius 3 is 2.54 bits per heavy atom. The number of oxazole rings is 1. The van der Waals surface area contributed by atoms with Gasteiger partial charge in [0, 0.05) is 18.5 Å². The van der Waals surface area contributed by atoms with Gasteiger partial charge in [-0.05, 0) is 5.56 Å². The highest BCUT2D eigenvalue weighted by molar-refractivity contribution is 6.20. The molecule has 2 unspecified atom stereocenters. The van der Waals surface area contributed by atoms with Crippen molar-refractivity contribution in [1.82, 2.24) is 10.3 Å². The fourth-order valence-corrected chi connectivity index (χ4v) is 3.13. The van der Waals surface area contributed by atoms with Crippen molar-refractivity contribution in [3.8, 4) is 6.08 Å². The molecule has 3 aromatic rings. The number of rotatable bonds is 4. The topological polar surface area (TPSA) is 47.3 Å². The van der Waals surface area contributed by atoms with Crippen molar-refractivity contribution in [3.05, 3.63) is 83.2 Å². The third-order valence-corrected chi connectivity index (χ3v) is 4.42. The zero-order valence-corrected chi connectivity index (χ0v) is 13.7. The summed E-state index contributed by atoms with van der Waals surface area (Å²) in [4.78, 5) is 4.54. The number of halogens is 1. The summed E-state index contributed by atoms with van der Waals surface area (Å²) in [6.07, 6.45) is 1.00. The van der Waals surface area contributed by atoms with Crippen LogP contribution in [0.15, 0.2) is 65.1 Å². The zero-order valence-electron chi connectivity index (χ0n) is 13.0. The van der Waals surface area contributed by atoms with Gasteiger partial charge in [-0.3, -0.25) is 0 Å². The van der Waals surface area contributed by atoms with Gasteiger partial charge in [-0.2, -0.15) is 4.98 Å². The highest BCUT2D eigenvalue weighted by Crippen LogP contribution is 2.33. The standard InChI is InChI=1S/C19H17ClN2O2/c20-18(14-9-5-2-6-10-14)24-19-22-17-15(23-19)11-12-21-16(17)13-7-3-1-4-8-13/h1-10,16,18,21H,11-12H2. The molecule has 2 aromatic carbocycles. The normalized spacial score (nSPS) is 18.0. The monoisotopic (exact) mass is 340 g/mol. The molecule has 0 fully saturated rings. The second-order valence-corrected chi connectivity index (χ2v) is 6.08. The van der Waals surface area contributed by atoms with Crippen molar-refractivity contribution < 1.29 is 9.15 Å². The largest absolute Gasteiger partial charge is 0.426 e. The van der Waals surface area contributed by atoms with Crippen LogP contribution >= 0.6 is 11.6 Å². The molecule has 1 aliphatic rings. The average molecular weight is 341 g/mol. The fourth-order valence-electron chi connectivity index (χ4n) is 2.91. The van der Waals surface area contributed by atoms with Crippen molar-refractivity contribution in [2.45, 2.75) is 18.0 Å². The Balaban J connectivity index is 1.59. The molecule has 0 saturated heterocycles. The first-order valence-electron chi connectivity index (χ1n) is 7.95. The minimum Gasteiger partial charge on any atom is -0.426 e. The van der Waals surface area contributed by atoms with Gasteiger partial charge in [0.2, 0.25) is 5.56 Å².